The quantitative estimate of drug-likeness (QED) is 0.811. The molecule has 0 unspecified atom stereocenters. The Bertz CT molecular complexity index is 464. The first-order valence-corrected chi connectivity index (χ1v) is 6.52. The van der Waals surface area contributed by atoms with E-state index in [1.807, 2.05) is 13.8 Å². The first-order chi connectivity index (χ1) is 9.02. The summed E-state index contributed by atoms with van der Waals surface area (Å²) in [5.74, 6) is 0.131. The topological polar surface area (TPSA) is 89.0 Å². The molecule has 0 bridgehead atoms. The van der Waals surface area contributed by atoms with E-state index >= 15 is 0 Å². The molecule has 0 aliphatic heterocycles. The van der Waals surface area contributed by atoms with Crippen LogP contribution in [0.15, 0.2) is 0 Å². The number of hydrogen-bond acceptors (Lipinski definition) is 6. The van der Waals surface area contributed by atoms with Crippen LogP contribution < -0.4 is 15.4 Å². The molecule has 0 atom stereocenters. The molecule has 2 rings (SSSR count). The molecule has 1 fully saturated rings. The summed E-state index contributed by atoms with van der Waals surface area (Å²) in [5.41, 5.74) is 0. The second-order valence-corrected chi connectivity index (χ2v) is 4.91. The highest BCUT2D eigenvalue weighted by Gasteiger charge is 2.23. The normalized spacial score (nSPS) is 14.3. The van der Waals surface area contributed by atoms with Crippen LogP contribution in [-0.2, 0) is 4.79 Å². The Morgan fingerprint density at radius 1 is 1.42 bits per heavy atom. The van der Waals surface area contributed by atoms with E-state index in [0.29, 0.717) is 6.04 Å². The molecule has 1 amide bonds. The van der Waals surface area contributed by atoms with Crippen molar-refractivity contribution in [1.29, 1.82) is 0 Å². The van der Waals surface area contributed by atoms with E-state index < -0.39 is 0 Å². The Labute approximate surface area is 116 Å². The van der Waals surface area contributed by atoms with Crippen molar-refractivity contribution in [2.24, 2.45) is 0 Å². The highest BCUT2D eigenvalue weighted by molar-refractivity contribution is 6.28. The van der Waals surface area contributed by atoms with Gasteiger partial charge in [0.05, 0.1) is 12.6 Å². The maximum Gasteiger partial charge on any atom is 0.322 e. The van der Waals surface area contributed by atoms with Gasteiger partial charge in [-0.05, 0) is 38.3 Å². The Balaban J connectivity index is 1.90. The molecule has 1 heterocycles. The van der Waals surface area contributed by atoms with Crippen molar-refractivity contribution in [2.75, 3.05) is 11.9 Å². The minimum atomic E-state index is -0.0923. The summed E-state index contributed by atoms with van der Waals surface area (Å²) < 4.78 is 5.33. The first-order valence-electron chi connectivity index (χ1n) is 6.14. The van der Waals surface area contributed by atoms with E-state index in [9.17, 15) is 4.79 Å². The lowest BCUT2D eigenvalue weighted by molar-refractivity contribution is -0.119. The lowest BCUT2D eigenvalue weighted by atomic mass is 10.5. The second kappa shape index (κ2) is 6.01. The van der Waals surface area contributed by atoms with Crippen molar-refractivity contribution in [3.63, 3.8) is 0 Å². The fraction of sp³-hybridized carbons (Fsp3) is 0.636. The zero-order valence-electron chi connectivity index (χ0n) is 10.8. The summed E-state index contributed by atoms with van der Waals surface area (Å²) in [5, 5.41) is 5.67. The number of rotatable bonds is 6. The van der Waals surface area contributed by atoms with Gasteiger partial charge in [-0.25, -0.2) is 0 Å². The summed E-state index contributed by atoms with van der Waals surface area (Å²) in [6, 6.07) is 0.469. The van der Waals surface area contributed by atoms with Crippen molar-refractivity contribution in [3.8, 4) is 6.01 Å². The standard InChI is InChI=1S/C11H16ClN5O2/c1-6(2)19-11-16-9(12)15-10(17-11)13-5-8(18)14-7-3-4-7/h6-7H,3-5H2,1-2H3,(H,14,18)(H,13,15,16,17). The molecule has 1 aliphatic rings. The van der Waals surface area contributed by atoms with E-state index in [4.69, 9.17) is 16.3 Å². The van der Waals surface area contributed by atoms with Gasteiger partial charge in [0.2, 0.25) is 17.1 Å². The van der Waals surface area contributed by atoms with Gasteiger partial charge in [-0.3, -0.25) is 4.79 Å². The van der Waals surface area contributed by atoms with Gasteiger partial charge in [0.25, 0.3) is 0 Å². The minimum absolute atomic E-state index is 0.0238. The number of hydrogen-bond donors (Lipinski definition) is 2. The minimum Gasteiger partial charge on any atom is -0.461 e. The predicted molar refractivity (Wildman–Crippen MR) is 70.3 cm³/mol. The van der Waals surface area contributed by atoms with Crippen LogP contribution in [0.1, 0.15) is 26.7 Å². The van der Waals surface area contributed by atoms with Crippen LogP contribution in [0.3, 0.4) is 0 Å². The Hall–Kier alpha value is -1.63. The fourth-order valence-corrected chi connectivity index (χ4v) is 1.49. The van der Waals surface area contributed by atoms with E-state index in [2.05, 4.69) is 25.6 Å². The maximum atomic E-state index is 11.5. The number of aromatic nitrogens is 3. The third kappa shape index (κ3) is 4.86. The fourth-order valence-electron chi connectivity index (χ4n) is 1.34. The van der Waals surface area contributed by atoms with E-state index in [1.165, 1.54) is 0 Å². The second-order valence-electron chi connectivity index (χ2n) is 4.57. The van der Waals surface area contributed by atoms with Crippen LogP contribution in [0.4, 0.5) is 5.95 Å². The Morgan fingerprint density at radius 2 is 2.16 bits per heavy atom. The number of amides is 1. The van der Waals surface area contributed by atoms with Gasteiger partial charge in [0, 0.05) is 6.04 Å². The van der Waals surface area contributed by atoms with Gasteiger partial charge in [0.15, 0.2) is 0 Å². The number of nitrogens with one attached hydrogen (secondary N) is 2. The van der Waals surface area contributed by atoms with Gasteiger partial charge in [-0.15, -0.1) is 0 Å². The number of anilines is 1. The molecular formula is C11H16ClN5O2. The van der Waals surface area contributed by atoms with Crippen molar-refractivity contribution < 1.29 is 9.53 Å². The van der Waals surface area contributed by atoms with Gasteiger partial charge in [0.1, 0.15) is 0 Å². The SMILES string of the molecule is CC(C)Oc1nc(Cl)nc(NCC(=O)NC2CC2)n1. The van der Waals surface area contributed by atoms with Crippen molar-refractivity contribution in [3.05, 3.63) is 5.28 Å². The molecule has 1 aromatic rings. The van der Waals surface area contributed by atoms with Crippen LogP contribution in [0.5, 0.6) is 6.01 Å². The average Bonchev–Trinajstić information content (AvgIpc) is 3.08. The van der Waals surface area contributed by atoms with Crippen LogP contribution in [0, 0.1) is 0 Å². The summed E-state index contributed by atoms with van der Waals surface area (Å²) >= 11 is 5.76. The van der Waals surface area contributed by atoms with Gasteiger partial charge < -0.3 is 15.4 Å². The third-order valence-corrected chi connectivity index (χ3v) is 2.45. The molecule has 7 nitrogen and oxygen atoms in total. The van der Waals surface area contributed by atoms with E-state index in [1.54, 1.807) is 0 Å². The number of ether oxygens (including phenoxy) is 1. The molecule has 19 heavy (non-hydrogen) atoms. The summed E-state index contributed by atoms with van der Waals surface area (Å²) in [6.45, 7) is 3.81. The molecule has 0 spiro atoms. The van der Waals surface area contributed by atoms with E-state index in [-0.39, 0.29) is 35.8 Å². The molecule has 1 saturated carbocycles. The highest BCUT2D eigenvalue weighted by Crippen LogP contribution is 2.18. The van der Waals surface area contributed by atoms with E-state index in [0.717, 1.165) is 12.8 Å². The molecular weight excluding hydrogens is 270 g/mol. The Morgan fingerprint density at radius 3 is 2.79 bits per heavy atom. The molecule has 8 heteroatoms. The third-order valence-electron chi connectivity index (χ3n) is 2.28. The lowest BCUT2D eigenvalue weighted by Crippen LogP contribution is -2.31. The van der Waals surface area contributed by atoms with Crippen LogP contribution in [0.2, 0.25) is 5.28 Å². The largest absolute Gasteiger partial charge is 0.461 e. The van der Waals surface area contributed by atoms with Crippen LogP contribution >= 0.6 is 11.6 Å². The first kappa shape index (κ1) is 13.8. The van der Waals surface area contributed by atoms with Crippen molar-refractivity contribution in [1.82, 2.24) is 20.3 Å². The maximum absolute atomic E-state index is 11.5. The van der Waals surface area contributed by atoms with Gasteiger partial charge >= 0.3 is 6.01 Å². The van der Waals surface area contributed by atoms with Crippen molar-refractivity contribution in [2.45, 2.75) is 38.8 Å². The lowest BCUT2D eigenvalue weighted by Gasteiger charge is -2.09. The number of halogens is 1. The molecule has 0 aromatic carbocycles. The zero-order chi connectivity index (χ0) is 13.8. The summed E-state index contributed by atoms with van der Waals surface area (Å²) in [7, 11) is 0. The smallest absolute Gasteiger partial charge is 0.322 e. The molecule has 1 aromatic heterocycles. The number of nitrogens with zero attached hydrogens (tertiary/aromatic N) is 3. The van der Waals surface area contributed by atoms with Gasteiger partial charge in [-0.1, -0.05) is 0 Å². The average molecular weight is 286 g/mol. The summed E-state index contributed by atoms with van der Waals surface area (Å²) in [6.07, 6.45) is 2.04. The molecule has 2 N–H and O–H groups in total. The Kier molecular flexibility index (Phi) is 4.36. The summed E-state index contributed by atoms with van der Waals surface area (Å²) in [4.78, 5) is 23.2. The molecule has 1 aliphatic carbocycles. The molecule has 0 saturated heterocycles. The number of carbonyl (C=O) groups is 1. The zero-order valence-corrected chi connectivity index (χ0v) is 11.6. The van der Waals surface area contributed by atoms with Gasteiger partial charge in [-0.2, -0.15) is 15.0 Å². The molecule has 104 valence electrons. The van der Waals surface area contributed by atoms with Crippen LogP contribution in [-0.4, -0.2) is 39.5 Å². The molecule has 0 radical (unpaired) electrons. The predicted octanol–water partition coefficient (Wildman–Crippen LogP) is 1.00. The van der Waals surface area contributed by atoms with Crippen LogP contribution in [0.25, 0.3) is 0 Å². The monoisotopic (exact) mass is 285 g/mol. The number of carbonyl (C=O) groups excluding carboxylic acids is 1. The highest BCUT2D eigenvalue weighted by atomic mass is 35.5. The van der Waals surface area contributed by atoms with Crippen molar-refractivity contribution >= 4 is 23.5 Å².